The molecule has 0 N–H and O–H groups in total. The van der Waals surface area contributed by atoms with E-state index in [1.54, 1.807) is 16.8 Å². The van der Waals surface area contributed by atoms with Crippen molar-refractivity contribution in [1.29, 1.82) is 0 Å². The van der Waals surface area contributed by atoms with Gasteiger partial charge in [0.25, 0.3) is 0 Å². The third kappa shape index (κ3) is 4.40. The second-order valence-corrected chi connectivity index (χ2v) is 11.2. The number of rotatable bonds is 7. The Hall–Kier alpha value is -0.980. The average Bonchev–Trinajstić information content (AvgIpc) is 2.92. The summed E-state index contributed by atoms with van der Waals surface area (Å²) in [5, 5.41) is 0. The van der Waals surface area contributed by atoms with E-state index in [0.29, 0.717) is 5.41 Å². The van der Waals surface area contributed by atoms with Crippen molar-refractivity contribution in [2.75, 3.05) is 11.4 Å². The lowest BCUT2D eigenvalue weighted by molar-refractivity contribution is 0.0363. The van der Waals surface area contributed by atoms with Crippen molar-refractivity contribution in [2.24, 2.45) is 23.2 Å². The van der Waals surface area contributed by atoms with E-state index in [4.69, 9.17) is 0 Å². The Morgan fingerprint density at radius 1 is 0.931 bits per heavy atom. The van der Waals surface area contributed by atoms with Gasteiger partial charge in [-0.1, -0.05) is 78.5 Å². The van der Waals surface area contributed by atoms with Crippen molar-refractivity contribution < 1.29 is 0 Å². The molecule has 1 aliphatic heterocycles. The molecule has 0 unspecified atom stereocenters. The van der Waals surface area contributed by atoms with Crippen LogP contribution < -0.4 is 4.90 Å². The van der Waals surface area contributed by atoms with E-state index in [1.807, 2.05) is 0 Å². The summed E-state index contributed by atoms with van der Waals surface area (Å²) < 4.78 is 0. The molecule has 1 aromatic carbocycles. The van der Waals surface area contributed by atoms with Gasteiger partial charge in [-0.3, -0.25) is 0 Å². The van der Waals surface area contributed by atoms with Gasteiger partial charge in [-0.2, -0.15) is 0 Å². The second kappa shape index (κ2) is 9.03. The van der Waals surface area contributed by atoms with Gasteiger partial charge < -0.3 is 4.90 Å². The standard InChI is InChI=1S/C28H47N/c1-8-12-23-15-11-16-24(13-9-2)26(23)29-20-28(19-27(29,6)7)18-22(5)21(4)17-25(28)14-10-3/h11,15-16,21-22,25H,8-10,12-14,17-20H2,1-7H3/t21-,22+,25-,28+/m1/s1. The molecule has 4 atom stereocenters. The Balaban J connectivity index is 2.04. The number of benzene rings is 1. The minimum absolute atomic E-state index is 0.249. The van der Waals surface area contributed by atoms with Crippen LogP contribution in [0.3, 0.4) is 0 Å². The summed E-state index contributed by atoms with van der Waals surface area (Å²) in [5.41, 5.74) is 5.55. The number of nitrogens with zero attached hydrogens (tertiary/aromatic N) is 1. The fourth-order valence-corrected chi connectivity index (χ4v) is 6.98. The van der Waals surface area contributed by atoms with Crippen LogP contribution in [-0.4, -0.2) is 12.1 Å². The summed E-state index contributed by atoms with van der Waals surface area (Å²) in [7, 11) is 0. The first kappa shape index (κ1) is 22.7. The maximum Gasteiger partial charge on any atom is 0.0435 e. The van der Waals surface area contributed by atoms with E-state index in [-0.39, 0.29) is 5.54 Å². The Morgan fingerprint density at radius 3 is 2.10 bits per heavy atom. The number of anilines is 1. The van der Waals surface area contributed by atoms with Crippen molar-refractivity contribution in [3.8, 4) is 0 Å². The molecule has 0 amide bonds. The Morgan fingerprint density at radius 2 is 1.55 bits per heavy atom. The van der Waals surface area contributed by atoms with Crippen molar-refractivity contribution in [3.63, 3.8) is 0 Å². The minimum Gasteiger partial charge on any atom is -0.365 e. The lowest BCUT2D eigenvalue weighted by atomic mass is 9.57. The molecule has 2 fully saturated rings. The molecule has 1 heterocycles. The van der Waals surface area contributed by atoms with E-state index >= 15 is 0 Å². The molecule has 1 nitrogen and oxygen atoms in total. The molecule has 1 saturated heterocycles. The lowest BCUT2D eigenvalue weighted by Gasteiger charge is -2.47. The zero-order valence-corrected chi connectivity index (χ0v) is 20.5. The summed E-state index contributed by atoms with van der Waals surface area (Å²) in [5.74, 6) is 2.65. The van der Waals surface area contributed by atoms with Crippen molar-refractivity contribution in [2.45, 2.75) is 112 Å². The summed E-state index contributed by atoms with van der Waals surface area (Å²) in [6, 6.07) is 7.13. The molecule has 1 saturated carbocycles. The molecular weight excluding hydrogens is 350 g/mol. The largest absolute Gasteiger partial charge is 0.365 e. The van der Waals surface area contributed by atoms with Gasteiger partial charge in [0.1, 0.15) is 0 Å². The van der Waals surface area contributed by atoms with Gasteiger partial charge in [0.2, 0.25) is 0 Å². The number of hydrogen-bond acceptors (Lipinski definition) is 1. The molecule has 1 heteroatoms. The first-order chi connectivity index (χ1) is 13.8. The minimum atomic E-state index is 0.249. The molecule has 1 aliphatic carbocycles. The lowest BCUT2D eigenvalue weighted by Crippen LogP contribution is -2.42. The van der Waals surface area contributed by atoms with Crippen molar-refractivity contribution >= 4 is 5.69 Å². The normalized spacial score (nSPS) is 31.6. The Labute approximate surface area is 181 Å². The Bertz CT molecular complexity index is 651. The van der Waals surface area contributed by atoms with Gasteiger partial charge in [0.05, 0.1) is 0 Å². The van der Waals surface area contributed by atoms with Crippen LogP contribution in [0.25, 0.3) is 0 Å². The van der Waals surface area contributed by atoms with Crippen LogP contribution in [0.15, 0.2) is 18.2 Å². The molecule has 1 spiro atoms. The van der Waals surface area contributed by atoms with Crippen molar-refractivity contribution in [3.05, 3.63) is 29.3 Å². The third-order valence-electron chi connectivity index (χ3n) is 8.36. The van der Waals surface area contributed by atoms with E-state index in [2.05, 4.69) is 71.6 Å². The van der Waals surface area contributed by atoms with Crippen LogP contribution in [0.5, 0.6) is 0 Å². The van der Waals surface area contributed by atoms with Crippen LogP contribution in [-0.2, 0) is 12.8 Å². The van der Waals surface area contributed by atoms with Crippen LogP contribution in [0.2, 0.25) is 0 Å². The Kier molecular flexibility index (Phi) is 7.06. The SMILES string of the molecule is CCCc1cccc(CCC)c1N1C[C@]2(C[C@H](C)[C@H](C)C[C@H]2CCC)CC1(C)C. The van der Waals surface area contributed by atoms with Gasteiger partial charge in [-0.15, -0.1) is 0 Å². The van der Waals surface area contributed by atoms with Gasteiger partial charge in [-0.05, 0) is 80.2 Å². The quantitative estimate of drug-likeness (QED) is 0.450. The van der Waals surface area contributed by atoms with Crippen LogP contribution in [0.1, 0.15) is 105 Å². The topological polar surface area (TPSA) is 3.24 Å². The van der Waals surface area contributed by atoms with Crippen LogP contribution in [0, 0.1) is 23.2 Å². The molecular formula is C28H47N. The summed E-state index contributed by atoms with van der Waals surface area (Å²) in [6.45, 7) is 18.4. The molecule has 2 aliphatic rings. The fourth-order valence-electron chi connectivity index (χ4n) is 6.98. The maximum absolute atomic E-state index is 2.88. The summed E-state index contributed by atoms with van der Waals surface area (Å²) in [4.78, 5) is 2.88. The molecule has 29 heavy (non-hydrogen) atoms. The van der Waals surface area contributed by atoms with Crippen molar-refractivity contribution in [1.82, 2.24) is 0 Å². The van der Waals surface area contributed by atoms with Crippen LogP contribution >= 0.6 is 0 Å². The summed E-state index contributed by atoms with van der Waals surface area (Å²) >= 11 is 0. The molecule has 0 radical (unpaired) electrons. The predicted octanol–water partition coefficient (Wildman–Crippen LogP) is 8.05. The van der Waals surface area contributed by atoms with E-state index in [1.165, 1.54) is 64.3 Å². The number of hydrogen-bond donors (Lipinski definition) is 0. The highest BCUT2D eigenvalue weighted by atomic mass is 15.2. The molecule has 0 aromatic heterocycles. The monoisotopic (exact) mass is 397 g/mol. The third-order valence-corrected chi connectivity index (χ3v) is 8.36. The van der Waals surface area contributed by atoms with E-state index in [9.17, 15) is 0 Å². The van der Waals surface area contributed by atoms with Gasteiger partial charge >= 0.3 is 0 Å². The number of aryl methyl sites for hydroxylation is 2. The van der Waals surface area contributed by atoms with Gasteiger partial charge in [-0.25, -0.2) is 0 Å². The second-order valence-electron chi connectivity index (χ2n) is 11.2. The predicted molar refractivity (Wildman–Crippen MR) is 129 cm³/mol. The first-order valence-corrected chi connectivity index (χ1v) is 12.7. The van der Waals surface area contributed by atoms with E-state index < -0.39 is 0 Å². The fraction of sp³-hybridized carbons (Fsp3) is 0.786. The molecule has 3 rings (SSSR count). The molecule has 0 bridgehead atoms. The van der Waals surface area contributed by atoms with Crippen LogP contribution in [0.4, 0.5) is 5.69 Å². The zero-order chi connectivity index (χ0) is 21.2. The number of para-hydroxylation sites is 1. The highest BCUT2D eigenvalue weighted by molar-refractivity contribution is 5.63. The van der Waals surface area contributed by atoms with Gasteiger partial charge in [0, 0.05) is 17.8 Å². The highest BCUT2D eigenvalue weighted by Gasteiger charge is 2.55. The molecule has 164 valence electrons. The maximum atomic E-state index is 2.88. The molecule has 1 aromatic rings. The highest BCUT2D eigenvalue weighted by Crippen LogP contribution is 2.58. The summed E-state index contributed by atoms with van der Waals surface area (Å²) in [6.07, 6.45) is 11.9. The van der Waals surface area contributed by atoms with E-state index in [0.717, 1.165) is 17.8 Å². The average molecular weight is 398 g/mol. The first-order valence-electron chi connectivity index (χ1n) is 12.7. The zero-order valence-electron chi connectivity index (χ0n) is 20.5. The smallest absolute Gasteiger partial charge is 0.0435 e. The van der Waals surface area contributed by atoms with Gasteiger partial charge in [0.15, 0.2) is 0 Å².